The van der Waals surface area contributed by atoms with Crippen LogP contribution in [0.3, 0.4) is 0 Å². The molecule has 2 aliphatic heterocycles. The Hall–Kier alpha value is -3.25. The first kappa shape index (κ1) is 19.4. The monoisotopic (exact) mass is 424 g/mol. The van der Waals surface area contributed by atoms with Crippen LogP contribution in [0.15, 0.2) is 54.9 Å². The lowest BCUT2D eigenvalue weighted by Crippen LogP contribution is -2.37. The highest BCUT2D eigenvalue weighted by Crippen LogP contribution is 2.40. The molecule has 3 N–H and O–H groups in total. The minimum absolute atomic E-state index is 0.456. The van der Waals surface area contributed by atoms with Crippen LogP contribution in [-0.4, -0.2) is 31.7 Å². The van der Waals surface area contributed by atoms with Gasteiger partial charge in [0.25, 0.3) is 0 Å². The fraction of sp³-hybridized carbons (Fsp3) is 0.346. The summed E-state index contributed by atoms with van der Waals surface area (Å²) in [6, 6.07) is 15.6. The van der Waals surface area contributed by atoms with Gasteiger partial charge in [-0.15, -0.1) is 0 Å². The summed E-state index contributed by atoms with van der Waals surface area (Å²) in [4.78, 5) is 9.91. The van der Waals surface area contributed by atoms with Gasteiger partial charge in [0.15, 0.2) is 5.65 Å². The van der Waals surface area contributed by atoms with Crippen molar-refractivity contribution in [3.8, 4) is 22.4 Å². The second kappa shape index (κ2) is 7.71. The molecule has 2 saturated heterocycles. The number of nitrogens with one attached hydrogen (secondary N) is 1. The zero-order valence-electron chi connectivity index (χ0n) is 18.3. The number of hydrogen-bond acceptors (Lipinski definition) is 5. The third kappa shape index (κ3) is 3.17. The molecule has 32 heavy (non-hydrogen) atoms. The average Bonchev–Trinajstić information content (AvgIpc) is 3.42. The first-order chi connectivity index (χ1) is 15.7. The molecule has 6 rings (SSSR count). The van der Waals surface area contributed by atoms with Gasteiger partial charge in [0.1, 0.15) is 5.82 Å². The maximum absolute atomic E-state index is 6.64. The lowest BCUT2D eigenvalue weighted by molar-refractivity contribution is 0.358. The molecule has 0 aliphatic carbocycles. The largest absolute Gasteiger partial charge is 0.383 e. The lowest BCUT2D eigenvalue weighted by Gasteiger charge is -2.30. The third-order valence-corrected chi connectivity index (χ3v) is 7.17. The van der Waals surface area contributed by atoms with Crippen molar-refractivity contribution in [1.29, 1.82) is 0 Å². The van der Waals surface area contributed by atoms with Crippen molar-refractivity contribution in [2.45, 2.75) is 57.0 Å². The Balaban J connectivity index is 1.43. The van der Waals surface area contributed by atoms with Crippen LogP contribution < -0.4 is 11.1 Å². The highest BCUT2D eigenvalue weighted by atomic mass is 15.3. The fourth-order valence-corrected chi connectivity index (χ4v) is 5.58. The van der Waals surface area contributed by atoms with Crippen LogP contribution in [0.25, 0.3) is 28.0 Å². The van der Waals surface area contributed by atoms with E-state index in [0.29, 0.717) is 18.0 Å². The van der Waals surface area contributed by atoms with Gasteiger partial charge < -0.3 is 11.1 Å². The van der Waals surface area contributed by atoms with Crippen molar-refractivity contribution < 1.29 is 0 Å². The summed E-state index contributed by atoms with van der Waals surface area (Å²) in [6.07, 6.45) is 9.48. The summed E-state index contributed by atoms with van der Waals surface area (Å²) in [5.41, 5.74) is 13.8. The molecule has 6 heteroatoms. The summed E-state index contributed by atoms with van der Waals surface area (Å²) >= 11 is 0. The van der Waals surface area contributed by atoms with Crippen LogP contribution in [0.1, 0.15) is 49.8 Å². The highest BCUT2D eigenvalue weighted by molar-refractivity contribution is 5.79. The van der Waals surface area contributed by atoms with Crippen molar-refractivity contribution in [2.24, 2.45) is 0 Å². The smallest absolute Gasteiger partial charge is 0.165 e. The van der Waals surface area contributed by atoms with Crippen LogP contribution in [-0.2, 0) is 6.42 Å². The number of pyridine rings is 1. The third-order valence-electron chi connectivity index (χ3n) is 7.17. The molecule has 0 saturated carbocycles. The molecule has 4 aromatic rings. The number of nitrogens with zero attached hydrogens (tertiary/aromatic N) is 4. The van der Waals surface area contributed by atoms with Gasteiger partial charge in [-0.1, -0.05) is 43.3 Å². The quantitative estimate of drug-likeness (QED) is 0.500. The van der Waals surface area contributed by atoms with Gasteiger partial charge >= 0.3 is 0 Å². The molecule has 0 amide bonds. The van der Waals surface area contributed by atoms with E-state index in [1.54, 1.807) is 4.52 Å². The van der Waals surface area contributed by atoms with E-state index in [9.17, 15) is 0 Å². The van der Waals surface area contributed by atoms with Crippen molar-refractivity contribution in [3.63, 3.8) is 0 Å². The molecular weight excluding hydrogens is 396 g/mol. The average molecular weight is 425 g/mol. The van der Waals surface area contributed by atoms with E-state index in [0.717, 1.165) is 58.7 Å². The number of nitrogens with two attached hydrogens (primary N) is 1. The van der Waals surface area contributed by atoms with Crippen LogP contribution in [0.5, 0.6) is 0 Å². The molecule has 6 nitrogen and oxygen atoms in total. The number of benzene rings is 1. The molecule has 2 fully saturated rings. The van der Waals surface area contributed by atoms with Crippen LogP contribution in [0, 0.1) is 0 Å². The van der Waals surface area contributed by atoms with Gasteiger partial charge in [-0.05, 0) is 38.2 Å². The zero-order valence-corrected chi connectivity index (χ0v) is 18.3. The molecule has 2 bridgehead atoms. The number of fused-ring (bicyclic) bond motifs is 3. The molecule has 3 aromatic heterocycles. The Kier molecular flexibility index (Phi) is 4.68. The second-order valence-corrected chi connectivity index (χ2v) is 9.11. The number of nitrogen functional groups attached to an aromatic ring is 1. The Labute approximate surface area is 187 Å². The molecule has 1 aromatic carbocycles. The molecule has 162 valence electrons. The van der Waals surface area contributed by atoms with E-state index < -0.39 is 0 Å². The van der Waals surface area contributed by atoms with E-state index in [2.05, 4.69) is 41.6 Å². The molecule has 0 spiro atoms. The van der Waals surface area contributed by atoms with E-state index >= 15 is 0 Å². The van der Waals surface area contributed by atoms with E-state index in [-0.39, 0.29) is 0 Å². The number of hydrogen-bond donors (Lipinski definition) is 2. The molecule has 0 unspecified atom stereocenters. The topological polar surface area (TPSA) is 81.1 Å². The van der Waals surface area contributed by atoms with Gasteiger partial charge in [-0.3, -0.25) is 4.98 Å². The van der Waals surface area contributed by atoms with E-state index in [1.807, 2.05) is 30.6 Å². The second-order valence-electron chi connectivity index (χ2n) is 9.11. The fourth-order valence-electron chi connectivity index (χ4n) is 5.58. The minimum Gasteiger partial charge on any atom is -0.383 e. The van der Waals surface area contributed by atoms with Gasteiger partial charge in [0, 0.05) is 46.5 Å². The SMILES string of the molecule is CCc1c([C@@H]2C[C@H]3CC[C@@H](C2)N3)nc2c(-c3ccc(-c4ccccc4)nc3)cnn2c1N. The first-order valence-corrected chi connectivity index (χ1v) is 11.6. The highest BCUT2D eigenvalue weighted by Gasteiger charge is 2.36. The molecule has 2 aliphatic rings. The van der Waals surface area contributed by atoms with E-state index in [4.69, 9.17) is 15.7 Å². The van der Waals surface area contributed by atoms with Gasteiger partial charge in [0.2, 0.25) is 0 Å². The minimum atomic E-state index is 0.456. The Morgan fingerprint density at radius 1 is 1.00 bits per heavy atom. The predicted molar refractivity (Wildman–Crippen MR) is 127 cm³/mol. The summed E-state index contributed by atoms with van der Waals surface area (Å²) in [6.45, 7) is 2.16. The summed E-state index contributed by atoms with van der Waals surface area (Å²) in [5.74, 6) is 1.18. The van der Waals surface area contributed by atoms with Gasteiger partial charge in [-0.2, -0.15) is 9.61 Å². The first-order valence-electron chi connectivity index (χ1n) is 11.6. The number of rotatable bonds is 4. The number of piperidine rings is 1. The maximum atomic E-state index is 6.64. The maximum Gasteiger partial charge on any atom is 0.165 e. The van der Waals surface area contributed by atoms with Crippen LogP contribution in [0.4, 0.5) is 5.82 Å². The summed E-state index contributed by atoms with van der Waals surface area (Å²) in [7, 11) is 0. The number of aromatic nitrogens is 4. The molecule has 5 heterocycles. The Morgan fingerprint density at radius 3 is 2.47 bits per heavy atom. The van der Waals surface area contributed by atoms with Gasteiger partial charge in [-0.25, -0.2) is 4.98 Å². The van der Waals surface area contributed by atoms with E-state index in [1.165, 1.54) is 18.5 Å². The van der Waals surface area contributed by atoms with Crippen LogP contribution in [0.2, 0.25) is 0 Å². The standard InChI is InChI=1S/C26H28N6/c1-2-21-24(18-12-19-9-10-20(13-18)30-19)31-26-22(15-29-32(26)25(21)27)17-8-11-23(28-14-17)16-6-4-3-5-7-16/h3-8,11,14-15,18-20,30H,2,9-10,12-13,27H2,1H3/t18-,19-,20+. The van der Waals surface area contributed by atoms with Crippen molar-refractivity contribution in [3.05, 3.63) is 66.1 Å². The summed E-state index contributed by atoms with van der Waals surface area (Å²) in [5, 5.41) is 8.35. The Morgan fingerprint density at radius 2 is 1.78 bits per heavy atom. The lowest BCUT2D eigenvalue weighted by atomic mass is 9.86. The van der Waals surface area contributed by atoms with Crippen molar-refractivity contribution in [1.82, 2.24) is 24.9 Å². The zero-order chi connectivity index (χ0) is 21.7. The number of anilines is 1. The van der Waals surface area contributed by atoms with Crippen molar-refractivity contribution in [2.75, 3.05) is 5.73 Å². The predicted octanol–water partition coefficient (Wildman–Crippen LogP) is 4.60. The molecule has 3 atom stereocenters. The van der Waals surface area contributed by atoms with Crippen molar-refractivity contribution >= 4 is 11.5 Å². The van der Waals surface area contributed by atoms with Gasteiger partial charge in [0.05, 0.1) is 17.6 Å². The molecular formula is C26H28N6. The van der Waals surface area contributed by atoms with Crippen LogP contribution >= 0.6 is 0 Å². The summed E-state index contributed by atoms with van der Waals surface area (Å²) < 4.78 is 1.80. The Bertz CT molecular complexity index is 1250. The molecule has 0 radical (unpaired) electrons. The normalized spacial score (nSPS) is 22.5.